The van der Waals surface area contributed by atoms with Crippen LogP contribution in [0.4, 0.5) is 11.4 Å². The van der Waals surface area contributed by atoms with Crippen molar-refractivity contribution in [3.8, 4) is 0 Å². The van der Waals surface area contributed by atoms with Crippen molar-refractivity contribution in [1.29, 1.82) is 0 Å². The molecule has 1 aromatic carbocycles. The number of nitro groups is 1. The molecule has 1 unspecified atom stereocenters. The van der Waals surface area contributed by atoms with Crippen LogP contribution in [0.25, 0.3) is 0 Å². The fourth-order valence-electron chi connectivity index (χ4n) is 2.76. The Hall–Kier alpha value is -2.21. The molecule has 0 saturated heterocycles. The van der Waals surface area contributed by atoms with Crippen molar-refractivity contribution >= 4 is 28.6 Å². The number of hydrogen-bond acceptors (Lipinski definition) is 4. The number of hydrogen-bond donors (Lipinski definition) is 1. The number of nitrogens with zero attached hydrogens (tertiary/aromatic N) is 1. The smallest absolute Gasteiger partial charge is 0.271 e. The summed E-state index contributed by atoms with van der Waals surface area (Å²) in [5.41, 5.74) is 2.27. The van der Waals surface area contributed by atoms with Gasteiger partial charge < -0.3 is 5.32 Å². The maximum atomic E-state index is 12.4. The van der Waals surface area contributed by atoms with Gasteiger partial charge in [0, 0.05) is 28.1 Å². The first-order chi connectivity index (χ1) is 10.5. The Morgan fingerprint density at radius 2 is 2.27 bits per heavy atom. The summed E-state index contributed by atoms with van der Waals surface area (Å²) in [6.07, 6.45) is 3.06. The van der Waals surface area contributed by atoms with E-state index >= 15 is 0 Å². The third-order valence-corrected chi connectivity index (χ3v) is 5.01. The second kappa shape index (κ2) is 5.88. The number of carbonyl (C=O) groups excluding carboxylic acids is 1. The van der Waals surface area contributed by atoms with Gasteiger partial charge in [0.25, 0.3) is 11.6 Å². The Balaban J connectivity index is 1.81. The molecule has 6 heteroatoms. The number of amides is 1. The van der Waals surface area contributed by atoms with Gasteiger partial charge in [-0.1, -0.05) is 13.0 Å². The van der Waals surface area contributed by atoms with Crippen LogP contribution >= 0.6 is 11.3 Å². The molecule has 0 aliphatic heterocycles. The fourth-order valence-corrected chi connectivity index (χ4v) is 4.01. The van der Waals surface area contributed by atoms with E-state index in [1.165, 1.54) is 17.0 Å². The van der Waals surface area contributed by atoms with Crippen LogP contribution in [-0.2, 0) is 12.8 Å². The third kappa shape index (κ3) is 2.87. The lowest BCUT2D eigenvalue weighted by molar-refractivity contribution is -0.384. The normalized spacial score (nSPS) is 16.9. The van der Waals surface area contributed by atoms with Gasteiger partial charge in [0.1, 0.15) is 0 Å². The number of fused-ring (bicyclic) bond motifs is 1. The summed E-state index contributed by atoms with van der Waals surface area (Å²) >= 11 is 1.63. The molecule has 1 heterocycles. The first-order valence-electron chi connectivity index (χ1n) is 7.19. The first kappa shape index (κ1) is 14.7. The van der Waals surface area contributed by atoms with Crippen LogP contribution in [0.5, 0.6) is 0 Å². The van der Waals surface area contributed by atoms with E-state index in [2.05, 4.69) is 12.2 Å². The van der Waals surface area contributed by atoms with Crippen molar-refractivity contribution in [1.82, 2.24) is 0 Å². The molecular formula is C16H16N2O3S. The van der Waals surface area contributed by atoms with Crippen LogP contribution in [0.3, 0.4) is 0 Å². The molecule has 1 aromatic heterocycles. The van der Waals surface area contributed by atoms with Gasteiger partial charge in [0.15, 0.2) is 0 Å². The number of carbonyl (C=O) groups is 1. The Morgan fingerprint density at radius 3 is 3.05 bits per heavy atom. The van der Waals surface area contributed by atoms with E-state index in [0.717, 1.165) is 24.8 Å². The van der Waals surface area contributed by atoms with E-state index in [-0.39, 0.29) is 11.6 Å². The van der Waals surface area contributed by atoms with Gasteiger partial charge >= 0.3 is 0 Å². The van der Waals surface area contributed by atoms with Crippen molar-refractivity contribution < 1.29 is 9.72 Å². The van der Waals surface area contributed by atoms with Crippen molar-refractivity contribution in [2.24, 2.45) is 5.92 Å². The van der Waals surface area contributed by atoms with Crippen LogP contribution in [-0.4, -0.2) is 10.8 Å². The van der Waals surface area contributed by atoms with Crippen molar-refractivity contribution in [2.75, 3.05) is 5.32 Å². The number of non-ortho nitro benzene ring substituents is 1. The van der Waals surface area contributed by atoms with E-state index in [4.69, 9.17) is 0 Å². The topological polar surface area (TPSA) is 72.2 Å². The molecule has 22 heavy (non-hydrogen) atoms. The summed E-state index contributed by atoms with van der Waals surface area (Å²) in [4.78, 5) is 24.0. The summed E-state index contributed by atoms with van der Waals surface area (Å²) in [5.74, 6) is 0.478. The molecule has 2 aromatic rings. The molecule has 3 rings (SSSR count). The van der Waals surface area contributed by atoms with Crippen LogP contribution in [0.2, 0.25) is 0 Å². The van der Waals surface area contributed by atoms with Gasteiger partial charge in [-0.2, -0.15) is 0 Å². The first-order valence-corrected chi connectivity index (χ1v) is 8.07. The minimum atomic E-state index is -0.469. The van der Waals surface area contributed by atoms with Crippen molar-refractivity contribution in [3.05, 3.63) is 55.8 Å². The molecule has 114 valence electrons. The number of nitrogens with one attached hydrogen (secondary N) is 1. The second-order valence-electron chi connectivity index (χ2n) is 5.66. The predicted octanol–water partition coefficient (Wildman–Crippen LogP) is 4.03. The number of anilines is 1. The second-order valence-corrected chi connectivity index (χ2v) is 6.62. The van der Waals surface area contributed by atoms with Gasteiger partial charge in [-0.05, 0) is 36.8 Å². The highest BCUT2D eigenvalue weighted by Crippen LogP contribution is 2.33. The number of benzene rings is 1. The molecule has 1 atom stereocenters. The van der Waals surface area contributed by atoms with Crippen LogP contribution < -0.4 is 5.32 Å². The molecule has 1 amide bonds. The zero-order valence-electron chi connectivity index (χ0n) is 12.2. The summed E-state index contributed by atoms with van der Waals surface area (Å²) in [6, 6.07) is 6.01. The summed E-state index contributed by atoms with van der Waals surface area (Å²) in [6.45, 7) is 2.23. The van der Waals surface area contributed by atoms with Crippen LogP contribution in [0, 0.1) is 16.0 Å². The average molecular weight is 316 g/mol. The lowest BCUT2D eigenvalue weighted by Crippen LogP contribution is -2.16. The largest absolute Gasteiger partial charge is 0.322 e. The van der Waals surface area contributed by atoms with E-state index in [1.54, 1.807) is 23.5 Å². The summed E-state index contributed by atoms with van der Waals surface area (Å²) in [5, 5.41) is 15.4. The van der Waals surface area contributed by atoms with Crippen LogP contribution in [0.1, 0.15) is 34.1 Å². The predicted molar refractivity (Wildman–Crippen MR) is 86.6 cm³/mol. The molecular weight excluding hydrogens is 300 g/mol. The number of rotatable bonds is 3. The lowest BCUT2D eigenvalue weighted by atomic mass is 9.88. The van der Waals surface area contributed by atoms with Crippen molar-refractivity contribution in [3.63, 3.8) is 0 Å². The quantitative estimate of drug-likeness (QED) is 0.686. The zero-order chi connectivity index (χ0) is 15.7. The fraction of sp³-hybridized carbons (Fsp3) is 0.312. The molecule has 0 saturated carbocycles. The zero-order valence-corrected chi connectivity index (χ0v) is 13.0. The standard InChI is InChI=1S/C16H16N2O3S/c1-10-5-6-13-14(9-22-15(13)7-10)16(19)17-11-3-2-4-12(8-11)18(20)21/h2-4,8-10H,5-7H2,1H3,(H,17,19). The molecule has 5 nitrogen and oxygen atoms in total. The maximum absolute atomic E-state index is 12.4. The highest BCUT2D eigenvalue weighted by Gasteiger charge is 2.23. The van der Waals surface area contributed by atoms with E-state index in [0.29, 0.717) is 17.2 Å². The average Bonchev–Trinajstić information content (AvgIpc) is 2.90. The highest BCUT2D eigenvalue weighted by molar-refractivity contribution is 7.10. The minimum absolute atomic E-state index is 0.0287. The van der Waals surface area contributed by atoms with Gasteiger partial charge in [-0.3, -0.25) is 14.9 Å². The number of nitro benzene ring substituents is 1. The van der Waals surface area contributed by atoms with Crippen LogP contribution in [0.15, 0.2) is 29.6 Å². The molecule has 0 bridgehead atoms. The van der Waals surface area contributed by atoms with Gasteiger partial charge in [0.05, 0.1) is 10.5 Å². The van der Waals surface area contributed by atoms with Crippen molar-refractivity contribution in [2.45, 2.75) is 26.2 Å². The minimum Gasteiger partial charge on any atom is -0.322 e. The molecule has 0 spiro atoms. The molecule has 1 aliphatic carbocycles. The molecule has 0 fully saturated rings. The van der Waals surface area contributed by atoms with E-state index in [9.17, 15) is 14.9 Å². The SMILES string of the molecule is CC1CCc2c(C(=O)Nc3cccc([N+](=O)[O-])c3)csc2C1. The molecule has 1 aliphatic rings. The highest BCUT2D eigenvalue weighted by atomic mass is 32.1. The Bertz CT molecular complexity index is 739. The molecule has 1 N–H and O–H groups in total. The third-order valence-electron chi connectivity index (χ3n) is 3.96. The monoisotopic (exact) mass is 316 g/mol. The lowest BCUT2D eigenvalue weighted by Gasteiger charge is -2.18. The van der Waals surface area contributed by atoms with Gasteiger partial charge in [-0.15, -0.1) is 11.3 Å². The number of thiophene rings is 1. The molecule has 0 radical (unpaired) electrons. The van der Waals surface area contributed by atoms with E-state index < -0.39 is 4.92 Å². The summed E-state index contributed by atoms with van der Waals surface area (Å²) in [7, 11) is 0. The van der Waals surface area contributed by atoms with Gasteiger partial charge in [-0.25, -0.2) is 0 Å². The summed E-state index contributed by atoms with van der Waals surface area (Å²) < 4.78 is 0. The Morgan fingerprint density at radius 1 is 1.45 bits per heavy atom. The van der Waals surface area contributed by atoms with Gasteiger partial charge in [0.2, 0.25) is 0 Å². The van der Waals surface area contributed by atoms with E-state index in [1.807, 2.05) is 5.38 Å². The maximum Gasteiger partial charge on any atom is 0.271 e. The Kier molecular flexibility index (Phi) is 3.94. The Labute approximate surface area is 132 Å².